The number of aromatic carboxylic acids is 1. The van der Waals surface area contributed by atoms with E-state index in [2.05, 4.69) is 27.8 Å². The third kappa shape index (κ3) is 3.38. The zero-order chi connectivity index (χ0) is 12.1. The van der Waals surface area contributed by atoms with Gasteiger partial charge >= 0.3 is 5.97 Å². The first-order valence-corrected chi connectivity index (χ1v) is 5.74. The Bertz CT molecular complexity index is 404. The van der Waals surface area contributed by atoms with Gasteiger partial charge in [-0.3, -0.25) is 0 Å². The normalized spacial score (nSPS) is 11.9. The number of benzene rings is 1. The maximum Gasteiger partial charge on any atom is 0.335 e. The van der Waals surface area contributed by atoms with E-state index in [9.17, 15) is 4.79 Å². The van der Waals surface area contributed by atoms with E-state index in [-0.39, 0.29) is 11.6 Å². The van der Waals surface area contributed by atoms with E-state index < -0.39 is 5.97 Å². The number of nitrogens with one attached hydrogen (secondary N) is 1. The van der Waals surface area contributed by atoms with Crippen LogP contribution in [-0.2, 0) is 0 Å². The molecule has 0 fully saturated rings. The summed E-state index contributed by atoms with van der Waals surface area (Å²) in [7, 11) is 0. The average molecular weight is 284 g/mol. The molecule has 0 saturated carbocycles. The quantitative estimate of drug-likeness (QED) is 0.813. The van der Waals surface area contributed by atoms with Gasteiger partial charge in [0.2, 0.25) is 0 Å². The van der Waals surface area contributed by atoms with Crippen LogP contribution in [0, 0.1) is 0 Å². The maximum absolute atomic E-state index is 10.7. The highest BCUT2D eigenvalue weighted by Crippen LogP contribution is 2.24. The van der Waals surface area contributed by atoms with Crippen LogP contribution in [-0.4, -0.2) is 17.1 Å². The van der Waals surface area contributed by atoms with Crippen molar-refractivity contribution in [2.75, 3.05) is 5.32 Å². The van der Waals surface area contributed by atoms with Crippen molar-refractivity contribution >= 4 is 27.6 Å². The van der Waals surface area contributed by atoms with E-state index in [1.54, 1.807) is 18.2 Å². The highest BCUT2D eigenvalue weighted by atomic mass is 79.9. The van der Waals surface area contributed by atoms with Crippen molar-refractivity contribution in [2.45, 2.75) is 19.4 Å². The molecule has 0 aromatic heterocycles. The number of hydrogen-bond acceptors (Lipinski definition) is 2. The topological polar surface area (TPSA) is 49.3 Å². The van der Waals surface area contributed by atoms with Crippen LogP contribution < -0.4 is 5.32 Å². The van der Waals surface area contributed by atoms with Crippen molar-refractivity contribution in [1.29, 1.82) is 0 Å². The Labute approximate surface area is 103 Å². The fourth-order valence-electron chi connectivity index (χ4n) is 1.34. The van der Waals surface area contributed by atoms with Gasteiger partial charge in [0.25, 0.3) is 0 Å². The summed E-state index contributed by atoms with van der Waals surface area (Å²) in [4.78, 5) is 10.7. The van der Waals surface area contributed by atoms with E-state index in [0.29, 0.717) is 0 Å². The lowest BCUT2D eigenvalue weighted by molar-refractivity contribution is 0.0697. The van der Waals surface area contributed by atoms with Crippen LogP contribution in [0.4, 0.5) is 5.69 Å². The molecule has 0 heterocycles. The lowest BCUT2D eigenvalue weighted by Crippen LogP contribution is -2.14. The number of carbonyl (C=O) groups is 1. The summed E-state index contributed by atoms with van der Waals surface area (Å²) in [5.74, 6) is -0.925. The molecule has 0 bridgehead atoms. The standard InChI is InChI=1S/C12H14BrNO2/c1-3-4-8(2)14-11-6-5-9(12(15)16)7-10(11)13/h3,5-8,14H,1,4H2,2H3,(H,15,16). The van der Waals surface area contributed by atoms with Crippen LogP contribution in [0.15, 0.2) is 35.3 Å². The molecular formula is C12H14BrNO2. The molecule has 0 radical (unpaired) electrons. The lowest BCUT2D eigenvalue weighted by atomic mass is 10.2. The fourth-order valence-corrected chi connectivity index (χ4v) is 1.83. The van der Waals surface area contributed by atoms with Crippen LogP contribution in [0.2, 0.25) is 0 Å². The number of halogens is 1. The molecule has 0 aliphatic carbocycles. The molecule has 86 valence electrons. The zero-order valence-corrected chi connectivity index (χ0v) is 10.6. The minimum Gasteiger partial charge on any atom is -0.478 e. The van der Waals surface area contributed by atoms with Gasteiger partial charge in [0.15, 0.2) is 0 Å². The van der Waals surface area contributed by atoms with Crippen LogP contribution >= 0.6 is 15.9 Å². The highest BCUT2D eigenvalue weighted by Gasteiger charge is 2.08. The molecule has 1 aromatic rings. The summed E-state index contributed by atoms with van der Waals surface area (Å²) in [6.45, 7) is 5.71. The van der Waals surface area contributed by atoms with Crippen molar-refractivity contribution < 1.29 is 9.90 Å². The van der Waals surface area contributed by atoms with Crippen molar-refractivity contribution in [2.24, 2.45) is 0 Å². The number of hydrogen-bond donors (Lipinski definition) is 2. The third-order valence-electron chi connectivity index (χ3n) is 2.14. The summed E-state index contributed by atoms with van der Waals surface area (Å²) in [6, 6.07) is 5.19. The first kappa shape index (κ1) is 12.8. The zero-order valence-electron chi connectivity index (χ0n) is 9.03. The van der Waals surface area contributed by atoms with Gasteiger partial charge in [-0.2, -0.15) is 0 Å². The van der Waals surface area contributed by atoms with Gasteiger partial charge < -0.3 is 10.4 Å². The van der Waals surface area contributed by atoms with E-state index in [0.717, 1.165) is 16.6 Å². The van der Waals surface area contributed by atoms with Gasteiger partial charge in [-0.05, 0) is 47.5 Å². The summed E-state index contributed by atoms with van der Waals surface area (Å²) in [6.07, 6.45) is 2.70. The van der Waals surface area contributed by atoms with Crippen LogP contribution in [0.25, 0.3) is 0 Å². The Hall–Kier alpha value is -1.29. The van der Waals surface area contributed by atoms with Crippen LogP contribution in [0.1, 0.15) is 23.7 Å². The van der Waals surface area contributed by atoms with Crippen molar-refractivity contribution in [3.8, 4) is 0 Å². The van der Waals surface area contributed by atoms with Gasteiger partial charge in [-0.25, -0.2) is 4.79 Å². The smallest absolute Gasteiger partial charge is 0.335 e. The predicted molar refractivity (Wildman–Crippen MR) is 69.0 cm³/mol. The minimum atomic E-state index is -0.925. The summed E-state index contributed by atoms with van der Waals surface area (Å²) in [5.41, 5.74) is 1.16. The second-order valence-electron chi connectivity index (χ2n) is 3.57. The van der Waals surface area contributed by atoms with Crippen LogP contribution in [0.3, 0.4) is 0 Å². The second-order valence-corrected chi connectivity index (χ2v) is 4.42. The first-order chi connectivity index (χ1) is 7.54. The predicted octanol–water partition coefficient (Wildman–Crippen LogP) is 3.52. The molecular weight excluding hydrogens is 270 g/mol. The van der Waals surface area contributed by atoms with E-state index in [1.807, 2.05) is 13.0 Å². The number of anilines is 1. The molecule has 1 aromatic carbocycles. The van der Waals surface area contributed by atoms with Crippen molar-refractivity contribution in [3.05, 3.63) is 40.9 Å². The Balaban J connectivity index is 2.82. The summed E-state index contributed by atoms with van der Waals surface area (Å²) < 4.78 is 0.753. The summed E-state index contributed by atoms with van der Waals surface area (Å²) in [5, 5.41) is 12.1. The van der Waals surface area contributed by atoms with Gasteiger partial charge in [0, 0.05) is 16.2 Å². The van der Waals surface area contributed by atoms with E-state index in [4.69, 9.17) is 5.11 Å². The van der Waals surface area contributed by atoms with E-state index >= 15 is 0 Å². The molecule has 0 saturated heterocycles. The molecule has 0 amide bonds. The molecule has 1 atom stereocenters. The fraction of sp³-hybridized carbons (Fsp3) is 0.250. The Morgan fingerprint density at radius 2 is 2.38 bits per heavy atom. The number of carboxylic acids is 1. The molecule has 4 heteroatoms. The van der Waals surface area contributed by atoms with Gasteiger partial charge in [-0.1, -0.05) is 6.08 Å². The van der Waals surface area contributed by atoms with Gasteiger partial charge in [-0.15, -0.1) is 6.58 Å². The van der Waals surface area contributed by atoms with Crippen molar-refractivity contribution in [1.82, 2.24) is 0 Å². The van der Waals surface area contributed by atoms with Gasteiger partial charge in [0.05, 0.1) is 5.56 Å². The molecule has 1 unspecified atom stereocenters. The number of carboxylic acid groups (broad SMARTS) is 1. The number of rotatable bonds is 5. The Morgan fingerprint density at radius 1 is 1.69 bits per heavy atom. The van der Waals surface area contributed by atoms with Crippen molar-refractivity contribution in [3.63, 3.8) is 0 Å². The maximum atomic E-state index is 10.7. The van der Waals surface area contributed by atoms with E-state index in [1.165, 1.54) is 0 Å². The Morgan fingerprint density at radius 3 is 2.88 bits per heavy atom. The third-order valence-corrected chi connectivity index (χ3v) is 2.79. The minimum absolute atomic E-state index is 0.268. The summed E-state index contributed by atoms with van der Waals surface area (Å²) >= 11 is 3.34. The highest BCUT2D eigenvalue weighted by molar-refractivity contribution is 9.10. The van der Waals surface area contributed by atoms with Gasteiger partial charge in [0.1, 0.15) is 0 Å². The van der Waals surface area contributed by atoms with Crippen LogP contribution in [0.5, 0.6) is 0 Å². The molecule has 0 aliphatic rings. The second kappa shape index (κ2) is 5.70. The Kier molecular flexibility index (Phi) is 4.55. The lowest BCUT2D eigenvalue weighted by Gasteiger charge is -2.14. The SMILES string of the molecule is C=CCC(C)Nc1ccc(C(=O)O)cc1Br. The molecule has 0 aliphatic heterocycles. The first-order valence-electron chi connectivity index (χ1n) is 4.95. The monoisotopic (exact) mass is 283 g/mol. The average Bonchev–Trinajstić information content (AvgIpc) is 2.21. The molecule has 3 nitrogen and oxygen atoms in total. The molecule has 0 spiro atoms. The molecule has 2 N–H and O–H groups in total. The largest absolute Gasteiger partial charge is 0.478 e. The molecule has 1 rings (SSSR count). The molecule has 16 heavy (non-hydrogen) atoms.